The number of methoxy groups -OCH3 is 1. The van der Waals surface area contributed by atoms with E-state index >= 15 is 0 Å². The van der Waals surface area contributed by atoms with Crippen molar-refractivity contribution in [3.05, 3.63) is 23.2 Å². The number of aliphatic hydroxyl groups excluding tert-OH is 1. The van der Waals surface area contributed by atoms with Crippen LogP contribution in [0.2, 0.25) is 5.02 Å². The van der Waals surface area contributed by atoms with Crippen LogP contribution in [-0.4, -0.2) is 45.1 Å². The van der Waals surface area contributed by atoms with Gasteiger partial charge in [-0.15, -0.1) is 0 Å². The van der Waals surface area contributed by atoms with E-state index in [1.807, 2.05) is 0 Å². The molecule has 0 amide bonds. The van der Waals surface area contributed by atoms with Gasteiger partial charge in [-0.25, -0.2) is 8.42 Å². The number of aliphatic hydroxyl groups is 1. The maximum Gasteiger partial charge on any atom is 0.244 e. The van der Waals surface area contributed by atoms with Gasteiger partial charge in [0.05, 0.1) is 18.7 Å². The van der Waals surface area contributed by atoms with Gasteiger partial charge < -0.3 is 9.84 Å². The molecule has 0 bridgehead atoms. The Kier molecular flexibility index (Phi) is 4.76. The molecule has 17 heavy (non-hydrogen) atoms. The second kappa shape index (κ2) is 5.68. The van der Waals surface area contributed by atoms with Gasteiger partial charge in [-0.2, -0.15) is 4.31 Å². The van der Waals surface area contributed by atoms with Crippen molar-refractivity contribution >= 4 is 21.6 Å². The zero-order valence-corrected chi connectivity index (χ0v) is 11.1. The maximum absolute atomic E-state index is 12.0. The topological polar surface area (TPSA) is 66.8 Å². The van der Waals surface area contributed by atoms with Crippen molar-refractivity contribution in [1.29, 1.82) is 0 Å². The molecule has 1 rings (SSSR count). The van der Waals surface area contributed by atoms with Crippen LogP contribution in [0.15, 0.2) is 23.1 Å². The van der Waals surface area contributed by atoms with Gasteiger partial charge in [0.15, 0.2) is 0 Å². The average Bonchev–Trinajstić information content (AvgIpc) is 2.28. The molecule has 1 N–H and O–H groups in total. The lowest BCUT2D eigenvalue weighted by Crippen LogP contribution is -2.29. The molecule has 5 nitrogen and oxygen atoms in total. The van der Waals surface area contributed by atoms with Gasteiger partial charge >= 0.3 is 0 Å². The number of benzene rings is 1. The third-order valence-electron chi connectivity index (χ3n) is 2.24. The summed E-state index contributed by atoms with van der Waals surface area (Å²) in [6.07, 6.45) is 0. The highest BCUT2D eigenvalue weighted by Gasteiger charge is 2.23. The number of likely N-dealkylation sites (N-methyl/N-ethyl adjacent to an activating group) is 1. The Morgan fingerprint density at radius 2 is 2.12 bits per heavy atom. The van der Waals surface area contributed by atoms with E-state index in [2.05, 4.69) is 0 Å². The van der Waals surface area contributed by atoms with E-state index in [9.17, 15) is 8.42 Å². The molecule has 0 spiro atoms. The monoisotopic (exact) mass is 279 g/mol. The predicted molar refractivity (Wildman–Crippen MR) is 64.9 cm³/mol. The van der Waals surface area contributed by atoms with Gasteiger partial charge in [0.2, 0.25) is 10.0 Å². The molecule has 7 heteroatoms. The van der Waals surface area contributed by atoms with Crippen LogP contribution in [-0.2, 0) is 10.0 Å². The summed E-state index contributed by atoms with van der Waals surface area (Å²) >= 11 is 5.89. The molecule has 0 saturated heterocycles. The predicted octanol–water partition coefficient (Wildman–Crippen LogP) is 0.961. The lowest BCUT2D eigenvalue weighted by Gasteiger charge is -2.17. The summed E-state index contributed by atoms with van der Waals surface area (Å²) in [7, 11) is -0.820. The van der Waals surface area contributed by atoms with Crippen LogP contribution in [0, 0.1) is 0 Å². The van der Waals surface area contributed by atoms with Crippen molar-refractivity contribution in [3.63, 3.8) is 0 Å². The minimum absolute atomic E-state index is 0.00378. The fourth-order valence-corrected chi connectivity index (χ4v) is 2.91. The normalized spacial score (nSPS) is 11.8. The van der Waals surface area contributed by atoms with E-state index in [4.69, 9.17) is 21.4 Å². The fraction of sp³-hybridized carbons (Fsp3) is 0.400. The number of nitrogens with zero attached hydrogens (tertiary/aromatic N) is 1. The SMILES string of the molecule is COc1ccc(S(=O)(=O)N(C)CCO)c(Cl)c1. The van der Waals surface area contributed by atoms with E-state index in [0.29, 0.717) is 5.75 Å². The first-order valence-electron chi connectivity index (χ1n) is 4.84. The Hall–Kier alpha value is -0.820. The van der Waals surface area contributed by atoms with Crippen molar-refractivity contribution in [2.45, 2.75) is 4.90 Å². The summed E-state index contributed by atoms with van der Waals surface area (Å²) in [5.74, 6) is 0.485. The van der Waals surface area contributed by atoms with Crippen molar-refractivity contribution < 1.29 is 18.3 Å². The van der Waals surface area contributed by atoms with Crippen molar-refractivity contribution in [1.82, 2.24) is 4.31 Å². The van der Waals surface area contributed by atoms with Crippen LogP contribution in [0.4, 0.5) is 0 Å². The molecule has 96 valence electrons. The standard InChI is InChI=1S/C10H14ClNO4S/c1-12(5-6-13)17(14,15)10-4-3-8(16-2)7-9(10)11/h3-4,7,13H,5-6H2,1-2H3. The summed E-state index contributed by atoms with van der Waals surface area (Å²) in [5.41, 5.74) is 0. The van der Waals surface area contributed by atoms with Crippen LogP contribution in [0.3, 0.4) is 0 Å². The van der Waals surface area contributed by atoms with E-state index < -0.39 is 10.0 Å². The van der Waals surface area contributed by atoms with Gasteiger partial charge in [0.1, 0.15) is 10.6 Å². The van der Waals surface area contributed by atoms with E-state index in [1.165, 1.54) is 32.4 Å². The van der Waals surface area contributed by atoms with Crippen LogP contribution < -0.4 is 4.74 Å². The molecule has 0 radical (unpaired) electrons. The van der Waals surface area contributed by atoms with Crippen LogP contribution in [0.1, 0.15) is 0 Å². The Morgan fingerprint density at radius 3 is 2.59 bits per heavy atom. The van der Waals surface area contributed by atoms with Gasteiger partial charge in [0, 0.05) is 19.7 Å². The highest BCUT2D eigenvalue weighted by molar-refractivity contribution is 7.89. The molecule has 0 aliphatic rings. The first-order chi connectivity index (χ1) is 7.93. The minimum atomic E-state index is -3.67. The second-order valence-corrected chi connectivity index (χ2v) is 5.77. The van der Waals surface area contributed by atoms with Crippen LogP contribution >= 0.6 is 11.6 Å². The highest BCUT2D eigenvalue weighted by atomic mass is 35.5. The Morgan fingerprint density at radius 1 is 1.47 bits per heavy atom. The van der Waals surface area contributed by atoms with Crippen LogP contribution in [0.5, 0.6) is 5.75 Å². The third-order valence-corrected chi connectivity index (χ3v) is 4.58. The van der Waals surface area contributed by atoms with Gasteiger partial charge in [-0.05, 0) is 12.1 Å². The number of hydrogen-bond acceptors (Lipinski definition) is 4. The van der Waals surface area contributed by atoms with Crippen molar-refractivity contribution in [2.24, 2.45) is 0 Å². The van der Waals surface area contributed by atoms with Gasteiger partial charge in [0.25, 0.3) is 0 Å². The lowest BCUT2D eigenvalue weighted by molar-refractivity contribution is 0.266. The molecule has 0 aliphatic heterocycles. The average molecular weight is 280 g/mol. The summed E-state index contributed by atoms with van der Waals surface area (Å²) in [6, 6.07) is 4.33. The molecule has 0 aromatic heterocycles. The Balaban J connectivity index is 3.16. The van der Waals surface area contributed by atoms with Gasteiger partial charge in [-0.1, -0.05) is 11.6 Å². The third kappa shape index (κ3) is 3.10. The Bertz CT molecular complexity index is 489. The Labute approximate surface area is 106 Å². The van der Waals surface area contributed by atoms with Crippen LogP contribution in [0.25, 0.3) is 0 Å². The number of sulfonamides is 1. The number of hydrogen-bond donors (Lipinski definition) is 1. The molecule has 0 saturated carbocycles. The van der Waals surface area contributed by atoms with E-state index in [-0.39, 0.29) is 23.1 Å². The minimum Gasteiger partial charge on any atom is -0.497 e. The maximum atomic E-state index is 12.0. The smallest absolute Gasteiger partial charge is 0.244 e. The summed E-state index contributed by atoms with van der Waals surface area (Å²) in [6.45, 7) is -0.228. The molecule has 1 aromatic rings. The zero-order chi connectivity index (χ0) is 13.1. The number of rotatable bonds is 5. The summed E-state index contributed by atoms with van der Waals surface area (Å²) in [5, 5.41) is 8.83. The molecule has 0 atom stereocenters. The second-order valence-electron chi connectivity index (χ2n) is 3.35. The van der Waals surface area contributed by atoms with E-state index in [0.717, 1.165) is 4.31 Å². The molecule has 0 unspecified atom stereocenters. The zero-order valence-electron chi connectivity index (χ0n) is 9.55. The van der Waals surface area contributed by atoms with Crippen molar-refractivity contribution in [2.75, 3.05) is 27.3 Å². The molecule has 0 aliphatic carbocycles. The van der Waals surface area contributed by atoms with E-state index in [1.54, 1.807) is 0 Å². The molecule has 1 aromatic carbocycles. The molecule has 0 heterocycles. The molecular formula is C10H14ClNO4S. The first kappa shape index (κ1) is 14.2. The largest absolute Gasteiger partial charge is 0.497 e. The fourth-order valence-electron chi connectivity index (χ4n) is 1.25. The lowest BCUT2D eigenvalue weighted by atomic mass is 10.3. The van der Waals surface area contributed by atoms with Gasteiger partial charge in [-0.3, -0.25) is 0 Å². The first-order valence-corrected chi connectivity index (χ1v) is 6.66. The summed E-state index contributed by atoms with van der Waals surface area (Å²) in [4.78, 5) is -0.00378. The highest BCUT2D eigenvalue weighted by Crippen LogP contribution is 2.27. The van der Waals surface area contributed by atoms with Crippen molar-refractivity contribution in [3.8, 4) is 5.75 Å². The molecule has 0 fully saturated rings. The quantitative estimate of drug-likeness (QED) is 0.872. The number of ether oxygens (including phenoxy) is 1. The molecular weight excluding hydrogens is 266 g/mol. The summed E-state index contributed by atoms with van der Waals surface area (Å²) < 4.78 is 30.0. The number of halogens is 1.